The molecular weight excluding hydrogens is 339 g/mol. The Balaban J connectivity index is 2.00. The summed E-state index contributed by atoms with van der Waals surface area (Å²) < 4.78 is 19.3. The summed E-state index contributed by atoms with van der Waals surface area (Å²) in [6.45, 7) is 1.86. The summed E-state index contributed by atoms with van der Waals surface area (Å²) >= 11 is 0. The first kappa shape index (κ1) is 17.5. The van der Waals surface area contributed by atoms with E-state index in [0.29, 0.717) is 11.1 Å². The maximum absolute atomic E-state index is 14.1. The van der Waals surface area contributed by atoms with Crippen molar-refractivity contribution in [2.75, 3.05) is 13.6 Å². The van der Waals surface area contributed by atoms with Crippen LogP contribution in [-0.2, 0) is 4.79 Å². The summed E-state index contributed by atoms with van der Waals surface area (Å²) in [5.74, 6) is -1.05. The van der Waals surface area contributed by atoms with Gasteiger partial charge < -0.3 is 15.2 Å². The number of nitrogens with zero attached hydrogens (tertiary/aromatic N) is 2. The van der Waals surface area contributed by atoms with Gasteiger partial charge in [-0.2, -0.15) is 0 Å². The molecule has 1 aromatic carbocycles. The zero-order chi connectivity index (χ0) is 18.7. The third kappa shape index (κ3) is 3.39. The van der Waals surface area contributed by atoms with Crippen LogP contribution in [0.2, 0.25) is 0 Å². The molecule has 3 aromatic rings. The van der Waals surface area contributed by atoms with Gasteiger partial charge >= 0.3 is 0 Å². The molecule has 0 aliphatic rings. The Hall–Kier alpha value is -3.29. The minimum Gasteiger partial charge on any atom is -0.359 e. The van der Waals surface area contributed by atoms with Crippen LogP contribution in [0.4, 0.5) is 4.39 Å². The second-order valence-electron chi connectivity index (χ2n) is 5.66. The molecule has 134 valence electrons. The second kappa shape index (κ2) is 7.30. The number of carbonyl (C=O) groups is 2. The van der Waals surface area contributed by atoms with Crippen LogP contribution in [0.1, 0.15) is 22.5 Å². The Morgan fingerprint density at radius 3 is 2.77 bits per heavy atom. The van der Waals surface area contributed by atoms with Gasteiger partial charge in [-0.15, -0.1) is 0 Å². The molecule has 0 aliphatic carbocycles. The smallest absolute Gasteiger partial charge is 0.259 e. The summed E-state index contributed by atoms with van der Waals surface area (Å²) in [5.41, 5.74) is 1.44. The highest BCUT2D eigenvalue weighted by molar-refractivity contribution is 6.07. The van der Waals surface area contributed by atoms with E-state index in [0.717, 1.165) is 0 Å². The van der Waals surface area contributed by atoms with Crippen LogP contribution >= 0.6 is 0 Å². The van der Waals surface area contributed by atoms with Crippen molar-refractivity contribution in [3.05, 3.63) is 47.4 Å². The van der Waals surface area contributed by atoms with E-state index < -0.39 is 11.7 Å². The molecule has 7 nitrogen and oxygen atoms in total. The predicted octanol–water partition coefficient (Wildman–Crippen LogP) is 2.20. The summed E-state index contributed by atoms with van der Waals surface area (Å²) in [7, 11) is 1.53. The van der Waals surface area contributed by atoms with Gasteiger partial charge in [-0.05, 0) is 25.1 Å². The predicted molar refractivity (Wildman–Crippen MR) is 93.0 cm³/mol. The number of hydrogen-bond acceptors (Lipinski definition) is 5. The largest absolute Gasteiger partial charge is 0.359 e. The minimum absolute atomic E-state index is 0.152. The number of fused-ring (bicyclic) bond motifs is 1. The van der Waals surface area contributed by atoms with Gasteiger partial charge in [-0.3, -0.25) is 9.59 Å². The fourth-order valence-corrected chi connectivity index (χ4v) is 2.59. The van der Waals surface area contributed by atoms with Crippen LogP contribution in [0.25, 0.3) is 22.4 Å². The third-order valence-corrected chi connectivity index (χ3v) is 3.93. The zero-order valence-corrected chi connectivity index (χ0v) is 14.3. The lowest BCUT2D eigenvalue weighted by atomic mass is 10.0. The van der Waals surface area contributed by atoms with Crippen molar-refractivity contribution in [3.8, 4) is 11.3 Å². The van der Waals surface area contributed by atoms with Gasteiger partial charge in [0.2, 0.25) is 5.91 Å². The number of rotatable bonds is 5. The van der Waals surface area contributed by atoms with Crippen molar-refractivity contribution < 1.29 is 18.5 Å². The van der Waals surface area contributed by atoms with E-state index in [-0.39, 0.29) is 41.4 Å². The standard InChI is InChI=1S/C18H17FN4O3/c1-10-16-12(17(25)21-8-7-15(24)20-2)9-14(22-18(16)26-23-10)11-5-3-4-6-13(11)19/h3-6,9H,7-8H2,1-2H3,(H,20,24)(H,21,25). The number of amides is 2. The topological polar surface area (TPSA) is 97.1 Å². The molecule has 0 fully saturated rings. The molecule has 0 saturated heterocycles. The van der Waals surface area contributed by atoms with Crippen LogP contribution in [0.3, 0.4) is 0 Å². The molecule has 0 saturated carbocycles. The van der Waals surface area contributed by atoms with E-state index in [1.165, 1.54) is 19.2 Å². The molecule has 0 radical (unpaired) electrons. The monoisotopic (exact) mass is 356 g/mol. The minimum atomic E-state index is -0.457. The average Bonchev–Trinajstić information content (AvgIpc) is 3.02. The van der Waals surface area contributed by atoms with Crippen molar-refractivity contribution in [1.82, 2.24) is 20.8 Å². The van der Waals surface area contributed by atoms with E-state index in [4.69, 9.17) is 4.52 Å². The lowest BCUT2D eigenvalue weighted by molar-refractivity contribution is -0.120. The molecule has 0 unspecified atom stereocenters. The number of benzene rings is 1. The van der Waals surface area contributed by atoms with Crippen molar-refractivity contribution >= 4 is 22.9 Å². The van der Waals surface area contributed by atoms with Gasteiger partial charge in [0.25, 0.3) is 11.6 Å². The number of carbonyl (C=O) groups excluding carboxylic acids is 2. The molecule has 26 heavy (non-hydrogen) atoms. The SMILES string of the molecule is CNC(=O)CCNC(=O)c1cc(-c2ccccc2F)nc2onc(C)c12. The summed E-state index contributed by atoms with van der Waals surface area (Å²) in [5, 5.41) is 9.46. The Morgan fingerprint density at radius 2 is 2.04 bits per heavy atom. The number of pyridine rings is 1. The number of aryl methyl sites for hydroxylation is 1. The van der Waals surface area contributed by atoms with Crippen LogP contribution in [0.15, 0.2) is 34.9 Å². The van der Waals surface area contributed by atoms with Gasteiger partial charge in [-0.1, -0.05) is 17.3 Å². The van der Waals surface area contributed by atoms with Crippen molar-refractivity contribution in [1.29, 1.82) is 0 Å². The summed E-state index contributed by atoms with van der Waals surface area (Å²) in [6, 6.07) is 7.64. The average molecular weight is 356 g/mol. The van der Waals surface area contributed by atoms with Gasteiger partial charge in [0.1, 0.15) is 5.82 Å². The highest BCUT2D eigenvalue weighted by Gasteiger charge is 2.20. The number of halogens is 1. The Morgan fingerprint density at radius 1 is 1.27 bits per heavy atom. The number of nitrogens with one attached hydrogen (secondary N) is 2. The van der Waals surface area contributed by atoms with Crippen LogP contribution in [0, 0.1) is 12.7 Å². The maximum Gasteiger partial charge on any atom is 0.259 e. The van der Waals surface area contributed by atoms with Crippen molar-refractivity contribution in [2.45, 2.75) is 13.3 Å². The van der Waals surface area contributed by atoms with E-state index in [2.05, 4.69) is 20.8 Å². The molecule has 2 heterocycles. The molecule has 0 aliphatic heterocycles. The molecule has 3 rings (SSSR count). The van der Waals surface area contributed by atoms with Gasteiger partial charge in [-0.25, -0.2) is 9.37 Å². The number of aromatic nitrogens is 2. The molecule has 0 spiro atoms. The Bertz CT molecular complexity index is 984. The zero-order valence-electron chi connectivity index (χ0n) is 14.3. The molecule has 2 aromatic heterocycles. The maximum atomic E-state index is 14.1. The van der Waals surface area contributed by atoms with Gasteiger partial charge in [0, 0.05) is 25.6 Å². The second-order valence-corrected chi connectivity index (χ2v) is 5.66. The van der Waals surface area contributed by atoms with E-state index >= 15 is 0 Å². The van der Waals surface area contributed by atoms with Crippen LogP contribution in [0.5, 0.6) is 0 Å². The first-order chi connectivity index (χ1) is 12.5. The molecule has 0 bridgehead atoms. The van der Waals surface area contributed by atoms with E-state index in [9.17, 15) is 14.0 Å². The molecule has 2 N–H and O–H groups in total. The Labute approximate surface area is 148 Å². The first-order valence-electron chi connectivity index (χ1n) is 8.02. The molecule has 0 atom stereocenters. The van der Waals surface area contributed by atoms with E-state index in [1.807, 2.05) is 0 Å². The van der Waals surface area contributed by atoms with Crippen LogP contribution < -0.4 is 10.6 Å². The van der Waals surface area contributed by atoms with Crippen molar-refractivity contribution in [3.63, 3.8) is 0 Å². The molecule has 8 heteroatoms. The quantitative estimate of drug-likeness (QED) is 0.730. The van der Waals surface area contributed by atoms with Gasteiger partial charge in [0.15, 0.2) is 0 Å². The molecule has 2 amide bonds. The summed E-state index contributed by atoms with van der Waals surface area (Å²) in [4.78, 5) is 28.2. The summed E-state index contributed by atoms with van der Waals surface area (Å²) in [6.07, 6.45) is 0.152. The fourth-order valence-electron chi connectivity index (χ4n) is 2.59. The highest BCUT2D eigenvalue weighted by atomic mass is 19.1. The van der Waals surface area contributed by atoms with Gasteiger partial charge in [0.05, 0.1) is 22.3 Å². The fraction of sp³-hybridized carbons (Fsp3) is 0.222. The van der Waals surface area contributed by atoms with E-state index in [1.54, 1.807) is 25.1 Å². The lowest BCUT2D eigenvalue weighted by Crippen LogP contribution is -2.29. The number of hydrogen-bond donors (Lipinski definition) is 2. The Kier molecular flexibility index (Phi) is 4.92. The molecular formula is C18H17FN4O3. The lowest BCUT2D eigenvalue weighted by Gasteiger charge is -2.08. The normalized spacial score (nSPS) is 10.7. The first-order valence-corrected chi connectivity index (χ1v) is 8.02. The highest BCUT2D eigenvalue weighted by Crippen LogP contribution is 2.28. The third-order valence-electron chi connectivity index (χ3n) is 3.93. The van der Waals surface area contributed by atoms with Crippen molar-refractivity contribution in [2.24, 2.45) is 0 Å². The van der Waals surface area contributed by atoms with Crippen LogP contribution in [-0.4, -0.2) is 35.5 Å².